The van der Waals surface area contributed by atoms with Crippen LogP contribution in [-0.4, -0.2) is 9.97 Å². The van der Waals surface area contributed by atoms with E-state index in [9.17, 15) is 0 Å². The van der Waals surface area contributed by atoms with Gasteiger partial charge in [0.05, 0.1) is 23.0 Å². The summed E-state index contributed by atoms with van der Waals surface area (Å²) in [6, 6.07) is 5.68. The highest BCUT2D eigenvalue weighted by atomic mass is 32.1. The first kappa shape index (κ1) is 10.1. The summed E-state index contributed by atoms with van der Waals surface area (Å²) in [6.07, 6.45) is 3.17. The first-order chi connectivity index (χ1) is 8.31. The van der Waals surface area contributed by atoms with Crippen molar-refractivity contribution in [3.63, 3.8) is 0 Å². The number of hydrogen-bond acceptors (Lipinski definition) is 6. The molecule has 17 heavy (non-hydrogen) atoms. The van der Waals surface area contributed by atoms with Crippen molar-refractivity contribution in [3.8, 4) is 0 Å². The summed E-state index contributed by atoms with van der Waals surface area (Å²) in [7, 11) is 0. The summed E-state index contributed by atoms with van der Waals surface area (Å²) in [6.45, 7) is 0.530. The van der Waals surface area contributed by atoms with Gasteiger partial charge in [-0.1, -0.05) is 11.3 Å². The maximum absolute atomic E-state index is 5.72. The topological polar surface area (TPSA) is 77.0 Å². The zero-order chi connectivity index (χ0) is 11.7. The number of nitrogens with zero attached hydrogens (tertiary/aromatic N) is 2. The summed E-state index contributed by atoms with van der Waals surface area (Å²) in [5.41, 5.74) is 7.41. The fourth-order valence-electron chi connectivity index (χ4n) is 1.51. The second-order valence-corrected chi connectivity index (χ2v) is 4.56. The molecule has 1 aromatic carbocycles. The van der Waals surface area contributed by atoms with Crippen molar-refractivity contribution in [3.05, 3.63) is 36.5 Å². The molecule has 0 saturated heterocycles. The highest BCUT2D eigenvalue weighted by Gasteiger charge is 2.04. The van der Waals surface area contributed by atoms with E-state index in [2.05, 4.69) is 15.3 Å². The van der Waals surface area contributed by atoms with Gasteiger partial charge < -0.3 is 15.5 Å². The van der Waals surface area contributed by atoms with Gasteiger partial charge in [-0.15, -0.1) is 0 Å². The van der Waals surface area contributed by atoms with Gasteiger partial charge in [0.2, 0.25) is 5.89 Å². The lowest BCUT2D eigenvalue weighted by atomic mass is 10.3. The van der Waals surface area contributed by atoms with E-state index in [1.807, 2.05) is 18.2 Å². The summed E-state index contributed by atoms with van der Waals surface area (Å²) < 4.78 is 6.20. The fraction of sp³-hybridized carbons (Fsp3) is 0.0909. The third-order valence-electron chi connectivity index (χ3n) is 2.29. The van der Waals surface area contributed by atoms with Crippen LogP contribution in [0.3, 0.4) is 0 Å². The molecule has 86 valence electrons. The molecule has 0 atom stereocenters. The Hall–Kier alpha value is -2.08. The lowest BCUT2D eigenvalue weighted by Crippen LogP contribution is -1.98. The normalized spacial score (nSPS) is 10.8. The van der Waals surface area contributed by atoms with Crippen LogP contribution in [0.5, 0.6) is 0 Å². The molecule has 0 aliphatic carbocycles. The summed E-state index contributed by atoms with van der Waals surface area (Å²) in [4.78, 5) is 8.46. The number of rotatable bonds is 3. The van der Waals surface area contributed by atoms with E-state index in [0.717, 1.165) is 21.0 Å². The highest BCUT2D eigenvalue weighted by molar-refractivity contribution is 7.22. The van der Waals surface area contributed by atoms with Crippen LogP contribution in [0, 0.1) is 0 Å². The van der Waals surface area contributed by atoms with Gasteiger partial charge >= 0.3 is 0 Å². The first-order valence-corrected chi connectivity index (χ1v) is 5.91. The Kier molecular flexibility index (Phi) is 2.41. The van der Waals surface area contributed by atoms with E-state index in [1.54, 1.807) is 23.8 Å². The molecule has 0 aliphatic heterocycles. The van der Waals surface area contributed by atoms with Crippen molar-refractivity contribution in [1.82, 2.24) is 9.97 Å². The third-order valence-corrected chi connectivity index (χ3v) is 3.26. The van der Waals surface area contributed by atoms with Crippen LogP contribution in [0.1, 0.15) is 5.89 Å². The van der Waals surface area contributed by atoms with E-state index in [-0.39, 0.29) is 0 Å². The zero-order valence-corrected chi connectivity index (χ0v) is 9.70. The lowest BCUT2D eigenvalue weighted by molar-refractivity contribution is 0.504. The number of thiazole rings is 1. The van der Waals surface area contributed by atoms with Crippen LogP contribution >= 0.6 is 11.3 Å². The molecule has 0 saturated carbocycles. The second kappa shape index (κ2) is 4.06. The Morgan fingerprint density at radius 2 is 2.35 bits per heavy atom. The number of aromatic nitrogens is 2. The second-order valence-electron chi connectivity index (χ2n) is 3.53. The number of hydrogen-bond donors (Lipinski definition) is 2. The SMILES string of the molecule is Nc1ccc2nc(NCc3ncco3)sc2c1. The number of nitrogens with two attached hydrogens (primary N) is 1. The smallest absolute Gasteiger partial charge is 0.213 e. The number of nitrogen functional groups attached to an aromatic ring is 1. The largest absolute Gasteiger partial charge is 0.447 e. The van der Waals surface area contributed by atoms with Crippen molar-refractivity contribution >= 4 is 32.4 Å². The molecule has 3 rings (SSSR count). The van der Waals surface area contributed by atoms with Gasteiger partial charge in [0, 0.05) is 5.69 Å². The lowest BCUT2D eigenvalue weighted by Gasteiger charge is -1.96. The predicted octanol–water partition coefficient (Wildman–Crippen LogP) is 2.48. The Bertz CT molecular complexity index is 632. The van der Waals surface area contributed by atoms with Crippen molar-refractivity contribution in [2.24, 2.45) is 0 Å². The quantitative estimate of drug-likeness (QED) is 0.694. The number of oxazole rings is 1. The average Bonchev–Trinajstić information content (AvgIpc) is 2.94. The van der Waals surface area contributed by atoms with Crippen molar-refractivity contribution in [2.75, 3.05) is 11.1 Å². The van der Waals surface area contributed by atoms with Gasteiger partial charge in [0.15, 0.2) is 5.13 Å². The Morgan fingerprint density at radius 1 is 1.41 bits per heavy atom. The number of benzene rings is 1. The van der Waals surface area contributed by atoms with Gasteiger partial charge in [-0.05, 0) is 18.2 Å². The molecule has 3 N–H and O–H groups in total. The molecule has 0 unspecified atom stereocenters. The predicted molar refractivity (Wildman–Crippen MR) is 67.9 cm³/mol. The van der Waals surface area contributed by atoms with Crippen molar-refractivity contribution in [1.29, 1.82) is 0 Å². The molecule has 2 aromatic heterocycles. The number of nitrogens with one attached hydrogen (secondary N) is 1. The van der Waals surface area contributed by atoms with Crippen LogP contribution < -0.4 is 11.1 Å². The first-order valence-electron chi connectivity index (χ1n) is 5.09. The maximum Gasteiger partial charge on any atom is 0.213 e. The average molecular weight is 246 g/mol. The van der Waals surface area contributed by atoms with Crippen LogP contribution in [0.2, 0.25) is 0 Å². The monoisotopic (exact) mass is 246 g/mol. The van der Waals surface area contributed by atoms with Crippen LogP contribution in [0.15, 0.2) is 35.1 Å². The van der Waals surface area contributed by atoms with Gasteiger partial charge in [-0.2, -0.15) is 0 Å². The molecule has 0 bridgehead atoms. The Balaban J connectivity index is 1.81. The molecule has 0 aliphatic rings. The molecule has 0 radical (unpaired) electrons. The molecular weight excluding hydrogens is 236 g/mol. The molecular formula is C11H10N4OS. The van der Waals surface area contributed by atoms with Crippen LogP contribution in [-0.2, 0) is 6.54 Å². The molecule has 2 heterocycles. The minimum Gasteiger partial charge on any atom is -0.447 e. The molecule has 5 nitrogen and oxygen atoms in total. The molecule has 0 spiro atoms. The van der Waals surface area contributed by atoms with Gasteiger partial charge in [0.25, 0.3) is 0 Å². The van der Waals surface area contributed by atoms with Crippen LogP contribution in [0.25, 0.3) is 10.2 Å². The molecule has 6 heteroatoms. The minimum atomic E-state index is 0.530. The van der Waals surface area contributed by atoms with E-state index >= 15 is 0 Å². The highest BCUT2D eigenvalue weighted by Crippen LogP contribution is 2.27. The van der Waals surface area contributed by atoms with Crippen molar-refractivity contribution < 1.29 is 4.42 Å². The minimum absolute atomic E-state index is 0.530. The molecule has 3 aromatic rings. The fourth-order valence-corrected chi connectivity index (χ4v) is 2.42. The van der Waals surface area contributed by atoms with Crippen molar-refractivity contribution in [2.45, 2.75) is 6.54 Å². The standard InChI is InChI=1S/C11H10N4OS/c12-7-1-2-8-9(5-7)17-11(15-8)14-6-10-13-3-4-16-10/h1-5H,6,12H2,(H,14,15). The van der Waals surface area contributed by atoms with E-state index in [1.165, 1.54) is 0 Å². The van der Waals surface area contributed by atoms with E-state index in [4.69, 9.17) is 10.2 Å². The summed E-state index contributed by atoms with van der Waals surface area (Å²) in [5, 5.41) is 4.00. The van der Waals surface area contributed by atoms with Gasteiger partial charge in [-0.25, -0.2) is 9.97 Å². The number of fused-ring (bicyclic) bond motifs is 1. The summed E-state index contributed by atoms with van der Waals surface area (Å²) >= 11 is 1.56. The maximum atomic E-state index is 5.72. The van der Waals surface area contributed by atoms with E-state index in [0.29, 0.717) is 12.4 Å². The molecule has 0 fully saturated rings. The summed E-state index contributed by atoms with van der Waals surface area (Å²) in [5.74, 6) is 0.642. The molecule has 0 amide bonds. The third kappa shape index (κ3) is 2.07. The van der Waals surface area contributed by atoms with Gasteiger partial charge in [-0.3, -0.25) is 0 Å². The Labute approximate surface area is 101 Å². The van der Waals surface area contributed by atoms with Gasteiger partial charge in [0.1, 0.15) is 6.26 Å². The van der Waals surface area contributed by atoms with E-state index < -0.39 is 0 Å². The number of anilines is 2. The van der Waals surface area contributed by atoms with Crippen LogP contribution in [0.4, 0.5) is 10.8 Å². The Morgan fingerprint density at radius 3 is 3.18 bits per heavy atom. The zero-order valence-electron chi connectivity index (χ0n) is 8.88.